The fraction of sp³-hybridized carbons (Fsp3) is 0.750. The first-order valence-electron chi connectivity index (χ1n) is 8.02. The quantitative estimate of drug-likeness (QED) is 0.873. The Morgan fingerprint density at radius 3 is 2.71 bits per heavy atom. The number of hydrogen-bond donors (Lipinski definition) is 2. The molecule has 0 spiro atoms. The standard InChI is InChI=1S/C16H28N4O/c1-11(2)14-18-15(17-4)12(3)16(19-14)20-9-6-5-7-13(20)8-10-21/h11,13,21H,5-10H2,1-4H3,(H,17,18,19). The van der Waals surface area contributed by atoms with Crippen LogP contribution in [0.2, 0.25) is 0 Å². The number of nitrogens with zero attached hydrogens (tertiary/aromatic N) is 3. The molecule has 1 aliphatic heterocycles. The van der Waals surface area contributed by atoms with Gasteiger partial charge in [0.05, 0.1) is 0 Å². The molecular weight excluding hydrogens is 264 g/mol. The average molecular weight is 292 g/mol. The van der Waals surface area contributed by atoms with E-state index < -0.39 is 0 Å². The van der Waals surface area contributed by atoms with Crippen LogP contribution >= 0.6 is 0 Å². The Balaban J connectivity index is 2.42. The molecule has 1 saturated heterocycles. The molecule has 2 heterocycles. The van der Waals surface area contributed by atoms with Gasteiger partial charge in [0.25, 0.3) is 0 Å². The van der Waals surface area contributed by atoms with E-state index in [4.69, 9.17) is 4.98 Å². The minimum atomic E-state index is 0.237. The molecule has 1 aromatic heterocycles. The lowest BCUT2D eigenvalue weighted by Gasteiger charge is -2.37. The van der Waals surface area contributed by atoms with Crippen molar-refractivity contribution in [3.63, 3.8) is 0 Å². The second-order valence-corrected chi connectivity index (χ2v) is 6.14. The Morgan fingerprint density at radius 1 is 1.33 bits per heavy atom. The van der Waals surface area contributed by atoms with Crippen molar-refractivity contribution in [2.24, 2.45) is 0 Å². The Kier molecular flexibility index (Phi) is 5.39. The smallest absolute Gasteiger partial charge is 0.137 e. The van der Waals surface area contributed by atoms with Gasteiger partial charge in [0.2, 0.25) is 0 Å². The van der Waals surface area contributed by atoms with Crippen molar-refractivity contribution in [1.29, 1.82) is 0 Å². The van der Waals surface area contributed by atoms with Gasteiger partial charge in [-0.1, -0.05) is 13.8 Å². The van der Waals surface area contributed by atoms with Gasteiger partial charge in [0.1, 0.15) is 17.5 Å². The summed E-state index contributed by atoms with van der Waals surface area (Å²) in [6, 6.07) is 0.391. The van der Waals surface area contributed by atoms with E-state index in [9.17, 15) is 5.11 Å². The molecule has 2 rings (SSSR count). The molecule has 1 aromatic rings. The first kappa shape index (κ1) is 16.0. The zero-order valence-corrected chi connectivity index (χ0v) is 13.7. The van der Waals surface area contributed by atoms with E-state index in [0.717, 1.165) is 42.4 Å². The molecule has 1 unspecified atom stereocenters. The zero-order valence-electron chi connectivity index (χ0n) is 13.7. The monoisotopic (exact) mass is 292 g/mol. The predicted octanol–water partition coefficient (Wildman–Crippen LogP) is 2.69. The van der Waals surface area contributed by atoms with Gasteiger partial charge < -0.3 is 15.3 Å². The van der Waals surface area contributed by atoms with E-state index >= 15 is 0 Å². The molecule has 1 atom stereocenters. The first-order chi connectivity index (χ1) is 10.1. The van der Waals surface area contributed by atoms with Gasteiger partial charge in [-0.25, -0.2) is 9.97 Å². The molecule has 21 heavy (non-hydrogen) atoms. The molecule has 0 saturated carbocycles. The third kappa shape index (κ3) is 3.46. The maximum atomic E-state index is 9.32. The zero-order chi connectivity index (χ0) is 15.4. The molecule has 0 amide bonds. The molecular formula is C16H28N4O. The maximum absolute atomic E-state index is 9.32. The number of rotatable bonds is 5. The number of anilines is 2. The van der Waals surface area contributed by atoms with Crippen LogP contribution in [0.5, 0.6) is 0 Å². The number of nitrogens with one attached hydrogen (secondary N) is 1. The Bertz CT molecular complexity index is 474. The van der Waals surface area contributed by atoms with Crippen molar-refractivity contribution in [3.8, 4) is 0 Å². The summed E-state index contributed by atoms with van der Waals surface area (Å²) in [7, 11) is 1.91. The fourth-order valence-electron chi connectivity index (χ4n) is 3.03. The lowest BCUT2D eigenvalue weighted by molar-refractivity contribution is 0.262. The van der Waals surface area contributed by atoms with Gasteiger partial charge in [0.15, 0.2) is 0 Å². The van der Waals surface area contributed by atoms with Crippen molar-refractivity contribution in [1.82, 2.24) is 9.97 Å². The summed E-state index contributed by atoms with van der Waals surface area (Å²) in [4.78, 5) is 11.8. The van der Waals surface area contributed by atoms with Crippen molar-refractivity contribution in [3.05, 3.63) is 11.4 Å². The van der Waals surface area contributed by atoms with Gasteiger partial charge in [-0.3, -0.25) is 0 Å². The normalized spacial score (nSPS) is 19.1. The fourth-order valence-corrected chi connectivity index (χ4v) is 3.03. The molecule has 1 aliphatic rings. The van der Waals surface area contributed by atoms with E-state index in [-0.39, 0.29) is 6.61 Å². The van der Waals surface area contributed by atoms with E-state index in [2.05, 4.69) is 36.0 Å². The third-order valence-electron chi connectivity index (χ3n) is 4.25. The van der Waals surface area contributed by atoms with Crippen LogP contribution in [0.25, 0.3) is 0 Å². The lowest BCUT2D eigenvalue weighted by atomic mass is 9.99. The summed E-state index contributed by atoms with van der Waals surface area (Å²) in [6.45, 7) is 7.57. The van der Waals surface area contributed by atoms with Crippen molar-refractivity contribution < 1.29 is 5.11 Å². The van der Waals surface area contributed by atoms with Crippen LogP contribution in [0.1, 0.15) is 56.8 Å². The van der Waals surface area contributed by atoms with Crippen LogP contribution in [-0.2, 0) is 0 Å². The van der Waals surface area contributed by atoms with Gasteiger partial charge in [-0.2, -0.15) is 0 Å². The molecule has 2 N–H and O–H groups in total. The predicted molar refractivity (Wildman–Crippen MR) is 87.1 cm³/mol. The molecule has 0 radical (unpaired) electrons. The molecule has 5 heteroatoms. The van der Waals surface area contributed by atoms with Crippen molar-refractivity contribution in [2.45, 2.75) is 58.4 Å². The minimum Gasteiger partial charge on any atom is -0.396 e. The van der Waals surface area contributed by atoms with Gasteiger partial charge in [0, 0.05) is 37.7 Å². The van der Waals surface area contributed by atoms with Gasteiger partial charge in [-0.05, 0) is 32.6 Å². The molecule has 1 fully saturated rings. The number of aliphatic hydroxyl groups is 1. The summed E-state index contributed by atoms with van der Waals surface area (Å²) < 4.78 is 0. The molecule has 0 aliphatic carbocycles. The van der Waals surface area contributed by atoms with Crippen molar-refractivity contribution in [2.75, 3.05) is 30.4 Å². The van der Waals surface area contributed by atoms with Crippen LogP contribution in [0.15, 0.2) is 0 Å². The maximum Gasteiger partial charge on any atom is 0.137 e. The van der Waals surface area contributed by atoms with Gasteiger partial charge >= 0.3 is 0 Å². The van der Waals surface area contributed by atoms with Crippen LogP contribution in [0.4, 0.5) is 11.6 Å². The third-order valence-corrected chi connectivity index (χ3v) is 4.25. The molecule has 118 valence electrons. The number of hydrogen-bond acceptors (Lipinski definition) is 5. The summed E-state index contributed by atoms with van der Waals surface area (Å²) in [5, 5.41) is 12.5. The Morgan fingerprint density at radius 2 is 2.10 bits per heavy atom. The van der Waals surface area contributed by atoms with E-state index in [1.54, 1.807) is 0 Å². The highest BCUT2D eigenvalue weighted by Crippen LogP contribution is 2.31. The number of piperidine rings is 1. The second kappa shape index (κ2) is 7.07. The minimum absolute atomic E-state index is 0.237. The SMILES string of the molecule is CNc1nc(C(C)C)nc(N2CCCCC2CCO)c1C. The van der Waals surface area contributed by atoms with Gasteiger partial charge in [-0.15, -0.1) is 0 Å². The van der Waals surface area contributed by atoms with Crippen LogP contribution < -0.4 is 10.2 Å². The molecule has 0 aromatic carbocycles. The summed E-state index contributed by atoms with van der Waals surface area (Å²) >= 11 is 0. The van der Waals surface area contributed by atoms with Crippen LogP contribution in [0.3, 0.4) is 0 Å². The van der Waals surface area contributed by atoms with E-state index in [0.29, 0.717) is 12.0 Å². The lowest BCUT2D eigenvalue weighted by Crippen LogP contribution is -2.41. The average Bonchev–Trinajstić information content (AvgIpc) is 2.48. The van der Waals surface area contributed by atoms with Crippen LogP contribution in [0, 0.1) is 6.92 Å². The highest BCUT2D eigenvalue weighted by atomic mass is 16.3. The Hall–Kier alpha value is -1.36. The van der Waals surface area contributed by atoms with Crippen LogP contribution in [-0.4, -0.2) is 41.3 Å². The highest BCUT2D eigenvalue weighted by Gasteiger charge is 2.26. The highest BCUT2D eigenvalue weighted by molar-refractivity contribution is 5.59. The van der Waals surface area contributed by atoms with E-state index in [1.165, 1.54) is 12.8 Å². The number of aromatic nitrogens is 2. The summed E-state index contributed by atoms with van der Waals surface area (Å²) in [5.74, 6) is 3.14. The second-order valence-electron chi connectivity index (χ2n) is 6.14. The topological polar surface area (TPSA) is 61.3 Å². The summed E-state index contributed by atoms with van der Waals surface area (Å²) in [6.07, 6.45) is 4.38. The first-order valence-corrected chi connectivity index (χ1v) is 8.02. The number of aliphatic hydroxyl groups excluding tert-OH is 1. The van der Waals surface area contributed by atoms with Crippen molar-refractivity contribution >= 4 is 11.6 Å². The largest absolute Gasteiger partial charge is 0.396 e. The Labute approximate surface area is 127 Å². The summed E-state index contributed by atoms with van der Waals surface area (Å²) in [5.41, 5.74) is 1.10. The molecule has 0 bridgehead atoms. The van der Waals surface area contributed by atoms with E-state index in [1.807, 2.05) is 7.05 Å². The molecule has 5 nitrogen and oxygen atoms in total.